The minimum atomic E-state index is 0.213. The summed E-state index contributed by atoms with van der Waals surface area (Å²) >= 11 is 4.99. The van der Waals surface area contributed by atoms with Gasteiger partial charge in [-0.15, -0.1) is 11.3 Å². The average molecular weight is 310 g/mol. The van der Waals surface area contributed by atoms with Crippen molar-refractivity contribution in [2.75, 3.05) is 5.73 Å². The summed E-state index contributed by atoms with van der Waals surface area (Å²) in [6.45, 7) is 0. The van der Waals surface area contributed by atoms with Gasteiger partial charge in [0.25, 0.3) is 0 Å². The van der Waals surface area contributed by atoms with Crippen LogP contribution in [0.3, 0.4) is 0 Å². The monoisotopic (exact) mass is 309 g/mol. The van der Waals surface area contributed by atoms with Gasteiger partial charge < -0.3 is 5.73 Å². The van der Waals surface area contributed by atoms with Gasteiger partial charge in [-0.1, -0.05) is 12.1 Å². The number of rotatable bonds is 4. The first kappa shape index (κ1) is 12.3. The van der Waals surface area contributed by atoms with Crippen molar-refractivity contribution in [2.45, 2.75) is 12.8 Å². The third kappa shape index (κ3) is 3.68. The molecule has 1 aromatic carbocycles. The summed E-state index contributed by atoms with van der Waals surface area (Å²) in [5.74, 6) is 0.213. The van der Waals surface area contributed by atoms with E-state index in [9.17, 15) is 4.79 Å². The Kier molecular flexibility index (Phi) is 3.97. The Bertz CT molecular complexity index is 536. The molecule has 0 spiro atoms. The number of benzene rings is 1. The number of carbonyl (C=O) groups excluding carboxylic acids is 1. The number of anilines is 1. The van der Waals surface area contributed by atoms with E-state index in [1.165, 1.54) is 0 Å². The Morgan fingerprint density at radius 1 is 1.24 bits per heavy atom. The molecule has 0 aliphatic rings. The summed E-state index contributed by atoms with van der Waals surface area (Å²) in [7, 11) is 0. The van der Waals surface area contributed by atoms with Crippen LogP contribution in [-0.4, -0.2) is 5.78 Å². The molecule has 88 valence electrons. The number of halogens is 1. The number of Topliss-reactive ketones (excluding diaryl/α,β-unsaturated/α-hetero) is 1. The van der Waals surface area contributed by atoms with Crippen LogP contribution in [0.5, 0.6) is 0 Å². The van der Waals surface area contributed by atoms with Gasteiger partial charge in [0, 0.05) is 23.4 Å². The van der Waals surface area contributed by atoms with E-state index in [1.54, 1.807) is 11.3 Å². The molecule has 0 atom stereocenters. The van der Waals surface area contributed by atoms with Crippen molar-refractivity contribution >= 4 is 38.7 Å². The van der Waals surface area contributed by atoms with Gasteiger partial charge in [0.15, 0.2) is 0 Å². The molecular weight excluding hydrogens is 298 g/mol. The lowest BCUT2D eigenvalue weighted by molar-refractivity contribution is -0.117. The third-order valence-electron chi connectivity index (χ3n) is 2.35. The first-order valence-electron chi connectivity index (χ1n) is 5.24. The van der Waals surface area contributed by atoms with E-state index >= 15 is 0 Å². The van der Waals surface area contributed by atoms with E-state index in [0.29, 0.717) is 18.5 Å². The zero-order valence-corrected chi connectivity index (χ0v) is 11.6. The molecule has 2 aromatic rings. The highest BCUT2D eigenvalue weighted by Crippen LogP contribution is 2.22. The topological polar surface area (TPSA) is 43.1 Å². The van der Waals surface area contributed by atoms with Crippen LogP contribution in [0.1, 0.15) is 10.4 Å². The maximum absolute atomic E-state index is 11.9. The minimum absolute atomic E-state index is 0.213. The molecule has 2 rings (SSSR count). The Balaban J connectivity index is 1.98. The third-order valence-corrected chi connectivity index (χ3v) is 3.98. The molecule has 17 heavy (non-hydrogen) atoms. The Morgan fingerprint density at radius 3 is 2.71 bits per heavy atom. The zero-order chi connectivity index (χ0) is 12.3. The minimum Gasteiger partial charge on any atom is -0.399 e. The number of carbonyl (C=O) groups is 1. The summed E-state index contributed by atoms with van der Waals surface area (Å²) in [4.78, 5) is 12.9. The van der Waals surface area contributed by atoms with Crippen molar-refractivity contribution in [2.24, 2.45) is 0 Å². The van der Waals surface area contributed by atoms with Gasteiger partial charge in [-0.25, -0.2) is 0 Å². The number of hydrogen-bond donors (Lipinski definition) is 1. The fourth-order valence-electron chi connectivity index (χ4n) is 1.63. The largest absolute Gasteiger partial charge is 0.399 e. The summed E-state index contributed by atoms with van der Waals surface area (Å²) in [6.07, 6.45) is 0.936. The molecule has 0 saturated carbocycles. The molecule has 2 nitrogen and oxygen atoms in total. The molecule has 1 aromatic heterocycles. The molecule has 0 aliphatic carbocycles. The van der Waals surface area contributed by atoms with Crippen molar-refractivity contribution in [3.8, 4) is 0 Å². The molecule has 1 heterocycles. The summed E-state index contributed by atoms with van der Waals surface area (Å²) < 4.78 is 1.06. The molecule has 2 N–H and O–H groups in total. The van der Waals surface area contributed by atoms with Gasteiger partial charge in [0.05, 0.1) is 3.79 Å². The molecule has 0 saturated heterocycles. The Labute approximate surface area is 113 Å². The van der Waals surface area contributed by atoms with Crippen LogP contribution >= 0.6 is 27.3 Å². The van der Waals surface area contributed by atoms with Crippen LogP contribution in [-0.2, 0) is 17.6 Å². The van der Waals surface area contributed by atoms with Crippen LogP contribution < -0.4 is 5.73 Å². The Morgan fingerprint density at radius 2 is 2.06 bits per heavy atom. The fraction of sp³-hybridized carbons (Fsp3) is 0.154. The fourth-order valence-corrected chi connectivity index (χ4v) is 3.15. The van der Waals surface area contributed by atoms with Crippen molar-refractivity contribution < 1.29 is 4.79 Å². The highest BCUT2D eigenvalue weighted by atomic mass is 79.9. The van der Waals surface area contributed by atoms with Crippen LogP contribution in [0.4, 0.5) is 5.69 Å². The predicted octanol–water partition coefficient (Wildman–Crippen LogP) is 3.45. The van der Waals surface area contributed by atoms with Crippen LogP contribution in [0, 0.1) is 0 Å². The highest BCUT2D eigenvalue weighted by molar-refractivity contribution is 9.11. The molecule has 0 unspecified atom stereocenters. The molecule has 0 radical (unpaired) electrons. The molecule has 0 amide bonds. The smallest absolute Gasteiger partial charge is 0.142 e. The van der Waals surface area contributed by atoms with Gasteiger partial charge in [-0.2, -0.15) is 0 Å². The molecular formula is C13H12BrNOS. The number of nitrogen functional groups attached to an aromatic ring is 1. The summed E-state index contributed by atoms with van der Waals surface area (Å²) in [6, 6.07) is 11.4. The lowest BCUT2D eigenvalue weighted by atomic mass is 10.1. The van der Waals surface area contributed by atoms with E-state index < -0.39 is 0 Å². The standard InChI is InChI=1S/C13H12BrNOS/c14-13-5-4-12(17-13)8-11(16)7-9-2-1-3-10(15)6-9/h1-6H,7-8,15H2. The first-order chi connectivity index (χ1) is 8.13. The zero-order valence-electron chi connectivity index (χ0n) is 9.15. The molecule has 4 heteroatoms. The molecule has 0 fully saturated rings. The summed E-state index contributed by atoms with van der Waals surface area (Å²) in [5.41, 5.74) is 7.36. The summed E-state index contributed by atoms with van der Waals surface area (Å²) in [5, 5.41) is 0. The predicted molar refractivity (Wildman–Crippen MR) is 75.3 cm³/mol. The van der Waals surface area contributed by atoms with Crippen molar-refractivity contribution in [3.63, 3.8) is 0 Å². The Hall–Kier alpha value is -1.13. The lowest BCUT2D eigenvalue weighted by Gasteiger charge is -2.01. The van der Waals surface area contributed by atoms with Gasteiger partial charge in [0.2, 0.25) is 0 Å². The van der Waals surface area contributed by atoms with Gasteiger partial charge in [0.1, 0.15) is 5.78 Å². The quantitative estimate of drug-likeness (QED) is 0.879. The maximum atomic E-state index is 11.9. The normalized spacial score (nSPS) is 10.4. The highest BCUT2D eigenvalue weighted by Gasteiger charge is 2.07. The van der Waals surface area contributed by atoms with Crippen LogP contribution in [0.25, 0.3) is 0 Å². The number of ketones is 1. The van der Waals surface area contributed by atoms with E-state index in [4.69, 9.17) is 5.73 Å². The van der Waals surface area contributed by atoms with E-state index in [0.717, 1.165) is 14.2 Å². The van der Waals surface area contributed by atoms with E-state index in [-0.39, 0.29) is 5.78 Å². The van der Waals surface area contributed by atoms with E-state index in [2.05, 4.69) is 15.9 Å². The number of nitrogens with two attached hydrogens (primary N) is 1. The van der Waals surface area contributed by atoms with Crippen LogP contribution in [0.15, 0.2) is 40.2 Å². The van der Waals surface area contributed by atoms with Gasteiger partial charge in [-0.3, -0.25) is 4.79 Å². The second-order valence-electron chi connectivity index (χ2n) is 3.84. The van der Waals surface area contributed by atoms with Crippen molar-refractivity contribution in [1.29, 1.82) is 0 Å². The number of hydrogen-bond acceptors (Lipinski definition) is 3. The van der Waals surface area contributed by atoms with Crippen LogP contribution in [0.2, 0.25) is 0 Å². The second-order valence-corrected chi connectivity index (χ2v) is 6.39. The van der Waals surface area contributed by atoms with E-state index in [1.807, 2.05) is 36.4 Å². The maximum Gasteiger partial charge on any atom is 0.142 e. The second kappa shape index (κ2) is 5.47. The molecule has 0 aliphatic heterocycles. The number of thiophene rings is 1. The first-order valence-corrected chi connectivity index (χ1v) is 6.85. The SMILES string of the molecule is Nc1cccc(CC(=O)Cc2ccc(Br)s2)c1. The van der Waals surface area contributed by atoms with Gasteiger partial charge >= 0.3 is 0 Å². The molecule has 0 bridgehead atoms. The van der Waals surface area contributed by atoms with Crippen molar-refractivity contribution in [1.82, 2.24) is 0 Å². The van der Waals surface area contributed by atoms with Gasteiger partial charge in [-0.05, 0) is 45.8 Å². The average Bonchev–Trinajstić information content (AvgIpc) is 2.63. The lowest BCUT2D eigenvalue weighted by Crippen LogP contribution is -2.05. The van der Waals surface area contributed by atoms with Crippen molar-refractivity contribution in [3.05, 3.63) is 50.6 Å².